The van der Waals surface area contributed by atoms with Gasteiger partial charge in [-0.3, -0.25) is 14.6 Å². The molecule has 4 nitrogen and oxygen atoms in total. The second-order valence-corrected chi connectivity index (χ2v) is 4.46. The number of benzene rings is 1. The average Bonchev–Trinajstić information content (AvgIpc) is 2.36. The SMILES string of the molecule is CON(C)C(=O)c1cc2cc(Br)ccc2cn1. The molecule has 5 heteroatoms. The van der Waals surface area contributed by atoms with Gasteiger partial charge in [0.05, 0.1) is 7.11 Å². The van der Waals surface area contributed by atoms with E-state index >= 15 is 0 Å². The number of hydroxylamine groups is 2. The summed E-state index contributed by atoms with van der Waals surface area (Å²) in [5.41, 5.74) is 0.361. The Labute approximate surface area is 107 Å². The van der Waals surface area contributed by atoms with E-state index in [1.165, 1.54) is 7.11 Å². The van der Waals surface area contributed by atoms with Crippen molar-refractivity contribution in [2.45, 2.75) is 0 Å². The standard InChI is InChI=1S/C12H11BrN2O2/c1-15(17-2)12(16)11-6-9-5-10(13)4-3-8(9)7-14-11/h3-7H,1-2H3. The summed E-state index contributed by atoms with van der Waals surface area (Å²) >= 11 is 3.40. The van der Waals surface area contributed by atoms with Gasteiger partial charge in [-0.1, -0.05) is 22.0 Å². The molecule has 1 aromatic heterocycles. The molecule has 88 valence electrons. The first-order chi connectivity index (χ1) is 8.11. The van der Waals surface area contributed by atoms with Gasteiger partial charge in [0.25, 0.3) is 5.91 Å². The van der Waals surface area contributed by atoms with E-state index in [2.05, 4.69) is 20.9 Å². The topological polar surface area (TPSA) is 42.4 Å². The molecule has 0 atom stereocenters. The van der Waals surface area contributed by atoms with Gasteiger partial charge >= 0.3 is 0 Å². The molecule has 2 aromatic rings. The minimum Gasteiger partial charge on any atom is -0.274 e. The zero-order valence-corrected chi connectivity index (χ0v) is 11.1. The zero-order valence-electron chi connectivity index (χ0n) is 9.48. The molecule has 17 heavy (non-hydrogen) atoms. The number of hydrogen-bond acceptors (Lipinski definition) is 3. The summed E-state index contributed by atoms with van der Waals surface area (Å²) in [6.45, 7) is 0. The van der Waals surface area contributed by atoms with Crippen LogP contribution in [0.4, 0.5) is 0 Å². The number of nitrogens with zero attached hydrogens (tertiary/aromatic N) is 2. The predicted octanol–water partition coefficient (Wildman–Crippen LogP) is 2.63. The van der Waals surface area contributed by atoms with Crippen molar-refractivity contribution in [3.05, 3.63) is 40.6 Å². The van der Waals surface area contributed by atoms with Gasteiger partial charge < -0.3 is 0 Å². The third-order valence-electron chi connectivity index (χ3n) is 2.46. The van der Waals surface area contributed by atoms with Crippen molar-refractivity contribution in [1.82, 2.24) is 10.0 Å². The van der Waals surface area contributed by atoms with Crippen molar-refractivity contribution in [2.24, 2.45) is 0 Å². The largest absolute Gasteiger partial charge is 0.295 e. The Kier molecular flexibility index (Phi) is 3.40. The zero-order chi connectivity index (χ0) is 12.4. The first-order valence-corrected chi connectivity index (χ1v) is 5.78. The molecule has 0 unspecified atom stereocenters. The van der Waals surface area contributed by atoms with Gasteiger partial charge in [0.2, 0.25) is 0 Å². The molecule has 0 saturated carbocycles. The Morgan fingerprint density at radius 3 is 2.82 bits per heavy atom. The maximum Gasteiger partial charge on any atom is 0.295 e. The Balaban J connectivity index is 2.47. The number of hydrogen-bond donors (Lipinski definition) is 0. The molecule has 1 aromatic carbocycles. The van der Waals surface area contributed by atoms with Crippen molar-refractivity contribution >= 4 is 32.6 Å². The Morgan fingerprint density at radius 2 is 2.12 bits per heavy atom. The number of aromatic nitrogens is 1. The molecule has 0 fully saturated rings. The fourth-order valence-electron chi connectivity index (χ4n) is 1.47. The van der Waals surface area contributed by atoms with Crippen LogP contribution in [0.15, 0.2) is 34.9 Å². The summed E-state index contributed by atoms with van der Waals surface area (Å²) in [5, 5.41) is 3.10. The van der Waals surface area contributed by atoms with E-state index in [4.69, 9.17) is 4.84 Å². The van der Waals surface area contributed by atoms with E-state index in [0.717, 1.165) is 20.3 Å². The lowest BCUT2D eigenvalue weighted by molar-refractivity contribution is -0.0760. The normalized spacial score (nSPS) is 10.5. The minimum absolute atomic E-state index is 0.269. The van der Waals surface area contributed by atoms with E-state index in [1.807, 2.05) is 18.2 Å². The molecule has 1 amide bonds. The van der Waals surface area contributed by atoms with E-state index in [0.29, 0.717) is 5.69 Å². The molecule has 2 rings (SSSR count). The monoisotopic (exact) mass is 294 g/mol. The molecule has 0 spiro atoms. The number of carbonyl (C=O) groups excluding carboxylic acids is 1. The lowest BCUT2D eigenvalue weighted by atomic mass is 10.1. The summed E-state index contributed by atoms with van der Waals surface area (Å²) in [7, 11) is 2.99. The summed E-state index contributed by atoms with van der Waals surface area (Å²) in [6.07, 6.45) is 1.68. The highest BCUT2D eigenvalue weighted by atomic mass is 79.9. The highest BCUT2D eigenvalue weighted by Gasteiger charge is 2.13. The number of rotatable bonds is 2. The second-order valence-electron chi connectivity index (χ2n) is 3.55. The second kappa shape index (κ2) is 4.81. The first-order valence-electron chi connectivity index (χ1n) is 4.99. The maximum absolute atomic E-state index is 11.8. The van der Waals surface area contributed by atoms with Crippen molar-refractivity contribution in [1.29, 1.82) is 0 Å². The highest BCUT2D eigenvalue weighted by Crippen LogP contribution is 2.20. The van der Waals surface area contributed by atoms with Crippen molar-refractivity contribution < 1.29 is 9.63 Å². The fourth-order valence-corrected chi connectivity index (χ4v) is 1.85. The van der Waals surface area contributed by atoms with Crippen LogP contribution in [0.5, 0.6) is 0 Å². The van der Waals surface area contributed by atoms with Gasteiger partial charge in [0, 0.05) is 23.1 Å². The van der Waals surface area contributed by atoms with E-state index in [-0.39, 0.29) is 5.91 Å². The van der Waals surface area contributed by atoms with Crippen LogP contribution in [0.3, 0.4) is 0 Å². The number of pyridine rings is 1. The van der Waals surface area contributed by atoms with Crippen LogP contribution in [0, 0.1) is 0 Å². The smallest absolute Gasteiger partial charge is 0.274 e. The fraction of sp³-hybridized carbons (Fsp3) is 0.167. The van der Waals surface area contributed by atoms with E-state index in [9.17, 15) is 4.79 Å². The van der Waals surface area contributed by atoms with Gasteiger partial charge in [-0.15, -0.1) is 0 Å². The Morgan fingerprint density at radius 1 is 1.35 bits per heavy atom. The van der Waals surface area contributed by atoms with Gasteiger partial charge in [0.15, 0.2) is 0 Å². The van der Waals surface area contributed by atoms with Gasteiger partial charge in [-0.05, 0) is 23.6 Å². The predicted molar refractivity (Wildman–Crippen MR) is 68.5 cm³/mol. The first kappa shape index (κ1) is 12.0. The molecule has 0 aliphatic carbocycles. The molecule has 0 N–H and O–H groups in total. The van der Waals surface area contributed by atoms with Crippen LogP contribution >= 0.6 is 15.9 Å². The lowest BCUT2D eigenvalue weighted by Gasteiger charge is -2.13. The van der Waals surface area contributed by atoms with Crippen LogP contribution in [0.1, 0.15) is 10.5 Å². The van der Waals surface area contributed by atoms with Crippen LogP contribution in [0.2, 0.25) is 0 Å². The number of fused-ring (bicyclic) bond motifs is 1. The lowest BCUT2D eigenvalue weighted by Crippen LogP contribution is -2.26. The van der Waals surface area contributed by atoms with Crippen molar-refractivity contribution in [3.63, 3.8) is 0 Å². The Bertz CT molecular complexity index is 571. The molecule has 0 radical (unpaired) electrons. The quantitative estimate of drug-likeness (QED) is 0.800. The summed E-state index contributed by atoms with van der Waals surface area (Å²) in [4.78, 5) is 20.8. The van der Waals surface area contributed by atoms with E-state index < -0.39 is 0 Å². The van der Waals surface area contributed by atoms with E-state index in [1.54, 1.807) is 19.3 Å². The van der Waals surface area contributed by atoms with Crippen molar-refractivity contribution in [3.8, 4) is 0 Å². The average molecular weight is 295 g/mol. The van der Waals surface area contributed by atoms with Crippen molar-refractivity contribution in [2.75, 3.05) is 14.2 Å². The molecule has 0 bridgehead atoms. The van der Waals surface area contributed by atoms with Gasteiger partial charge in [0.1, 0.15) is 5.69 Å². The third-order valence-corrected chi connectivity index (χ3v) is 2.96. The van der Waals surface area contributed by atoms with Crippen LogP contribution in [-0.4, -0.2) is 30.1 Å². The summed E-state index contributed by atoms with van der Waals surface area (Å²) in [6, 6.07) is 7.58. The highest BCUT2D eigenvalue weighted by molar-refractivity contribution is 9.10. The Hall–Kier alpha value is -1.46. The summed E-state index contributed by atoms with van der Waals surface area (Å²) in [5.74, 6) is -0.269. The van der Waals surface area contributed by atoms with Crippen LogP contribution in [-0.2, 0) is 4.84 Å². The van der Waals surface area contributed by atoms with Gasteiger partial charge in [-0.25, -0.2) is 5.06 Å². The molecule has 0 aliphatic heterocycles. The molecular formula is C12H11BrN2O2. The molecule has 1 heterocycles. The van der Waals surface area contributed by atoms with Crippen LogP contribution in [0.25, 0.3) is 10.8 Å². The molecule has 0 aliphatic rings. The number of amides is 1. The number of halogens is 1. The third kappa shape index (κ3) is 2.45. The molecule has 0 saturated heterocycles. The maximum atomic E-state index is 11.8. The number of carbonyl (C=O) groups is 1. The van der Waals surface area contributed by atoms with Crippen LogP contribution < -0.4 is 0 Å². The minimum atomic E-state index is -0.269. The molecular weight excluding hydrogens is 284 g/mol. The van der Waals surface area contributed by atoms with Gasteiger partial charge in [-0.2, -0.15) is 0 Å². The summed E-state index contributed by atoms with van der Waals surface area (Å²) < 4.78 is 0.967.